The third-order valence-corrected chi connectivity index (χ3v) is 1.39. The monoisotopic (exact) mass is 259 g/mol. The van der Waals surface area contributed by atoms with E-state index in [2.05, 4.69) is 10.2 Å². The van der Waals surface area contributed by atoms with Crippen LogP contribution in [-0.2, 0) is 14.4 Å². The molecule has 0 spiro atoms. The molecule has 0 aliphatic heterocycles. The van der Waals surface area contributed by atoms with Gasteiger partial charge in [-0.15, -0.1) is 0 Å². The van der Waals surface area contributed by atoms with Gasteiger partial charge in [-0.05, 0) is 0 Å². The first kappa shape index (κ1) is 10.1. The van der Waals surface area contributed by atoms with Crippen LogP contribution in [-0.4, -0.2) is 30.7 Å². The summed E-state index contributed by atoms with van der Waals surface area (Å²) < 4.78 is 5.09. The average molecular weight is 259 g/mol. The molecule has 4 nitrogen and oxygen atoms in total. The molecule has 0 unspecified atom stereocenters. The number of carbonyl (C=O) groups is 1. The van der Waals surface area contributed by atoms with Gasteiger partial charge in [-0.2, -0.15) is 0 Å². The lowest BCUT2D eigenvalue weighted by Gasteiger charge is -2.01. The molecule has 0 saturated heterocycles. The number of amides is 1. The van der Waals surface area contributed by atoms with Crippen molar-refractivity contribution < 1.29 is 14.4 Å². The van der Waals surface area contributed by atoms with Crippen LogP contribution in [0.1, 0.15) is 0 Å². The zero-order valence-corrected chi connectivity index (χ0v) is 7.88. The van der Waals surface area contributed by atoms with Gasteiger partial charge in [0.1, 0.15) is 0 Å². The molecule has 0 aliphatic carbocycles. The molecular weight excluding hydrogens is 249 g/mol. The van der Waals surface area contributed by atoms with Gasteiger partial charge < -0.3 is 4.74 Å². The summed E-state index contributed by atoms with van der Waals surface area (Å²) in [5.41, 5.74) is 2.24. The molecular formula is C5H10INO3. The van der Waals surface area contributed by atoms with Crippen LogP contribution in [0.4, 0.5) is 0 Å². The molecule has 0 saturated carbocycles. The van der Waals surface area contributed by atoms with Crippen LogP contribution >= 0.6 is 22.6 Å². The largest absolute Gasteiger partial charge is 0.382 e. The third-order valence-electron chi connectivity index (χ3n) is 0.697. The maximum atomic E-state index is 10.5. The summed E-state index contributed by atoms with van der Waals surface area (Å²) in [4.78, 5) is 15.2. The topological polar surface area (TPSA) is 47.6 Å². The number of methoxy groups -OCH3 is 1. The number of alkyl halides is 1. The number of hydrogen-bond acceptors (Lipinski definition) is 3. The summed E-state index contributed by atoms with van der Waals surface area (Å²) in [6.07, 6.45) is 0. The summed E-state index contributed by atoms with van der Waals surface area (Å²) in [7, 11) is 1.57. The molecule has 0 aromatic carbocycles. The number of ether oxygens (including phenoxy) is 1. The van der Waals surface area contributed by atoms with Crippen LogP contribution in [0.25, 0.3) is 0 Å². The maximum Gasteiger partial charge on any atom is 0.253 e. The second-order valence-corrected chi connectivity index (χ2v) is 2.26. The van der Waals surface area contributed by atoms with Crippen molar-refractivity contribution >= 4 is 28.5 Å². The van der Waals surface area contributed by atoms with E-state index in [1.165, 1.54) is 0 Å². The van der Waals surface area contributed by atoms with E-state index in [-0.39, 0.29) is 5.91 Å². The van der Waals surface area contributed by atoms with E-state index in [0.717, 1.165) is 0 Å². The van der Waals surface area contributed by atoms with Crippen LogP contribution in [0.3, 0.4) is 0 Å². The Morgan fingerprint density at radius 3 is 2.80 bits per heavy atom. The smallest absolute Gasteiger partial charge is 0.253 e. The van der Waals surface area contributed by atoms with Gasteiger partial charge in [0.2, 0.25) is 0 Å². The van der Waals surface area contributed by atoms with E-state index >= 15 is 0 Å². The third kappa shape index (κ3) is 6.24. The van der Waals surface area contributed by atoms with Gasteiger partial charge in [0.05, 0.1) is 17.6 Å². The molecule has 0 aromatic rings. The fourth-order valence-corrected chi connectivity index (χ4v) is 0.440. The first-order valence-electron chi connectivity index (χ1n) is 2.76. The summed E-state index contributed by atoms with van der Waals surface area (Å²) in [5.74, 6) is -0.128. The summed E-state index contributed by atoms with van der Waals surface area (Å²) in [6.45, 7) is 0.875. The molecule has 0 radical (unpaired) electrons. The van der Waals surface area contributed by atoms with E-state index in [9.17, 15) is 4.79 Å². The Hall–Kier alpha value is 0.120. The standard InChI is InChI=1S/C5H10INO3/c1-9-2-3-10-7-5(8)4-6/h2-4H2,1H3,(H,7,8). The number of halogens is 1. The summed E-state index contributed by atoms with van der Waals surface area (Å²) in [5, 5.41) is 0. The highest BCUT2D eigenvalue weighted by atomic mass is 127. The second kappa shape index (κ2) is 7.23. The molecule has 0 heterocycles. The normalized spacial score (nSPS) is 9.40. The van der Waals surface area contributed by atoms with Gasteiger partial charge in [-0.3, -0.25) is 9.63 Å². The molecule has 0 atom stereocenters. The predicted octanol–water partition coefficient (Wildman–Crippen LogP) is 0.116. The second-order valence-electron chi connectivity index (χ2n) is 1.50. The van der Waals surface area contributed by atoms with Gasteiger partial charge in [0, 0.05) is 7.11 Å². The van der Waals surface area contributed by atoms with E-state index in [4.69, 9.17) is 4.84 Å². The van der Waals surface area contributed by atoms with Gasteiger partial charge in [-0.1, -0.05) is 22.6 Å². The van der Waals surface area contributed by atoms with Crippen molar-refractivity contribution in [2.45, 2.75) is 0 Å². The van der Waals surface area contributed by atoms with Crippen molar-refractivity contribution in [1.82, 2.24) is 5.48 Å². The predicted molar refractivity (Wildman–Crippen MR) is 44.9 cm³/mol. The van der Waals surface area contributed by atoms with E-state index in [1.807, 2.05) is 22.6 Å². The molecule has 10 heavy (non-hydrogen) atoms. The highest BCUT2D eigenvalue weighted by Gasteiger charge is 1.94. The fraction of sp³-hybridized carbons (Fsp3) is 0.800. The number of rotatable bonds is 5. The minimum atomic E-state index is -0.128. The van der Waals surface area contributed by atoms with Crippen LogP contribution in [0.15, 0.2) is 0 Å². The zero-order chi connectivity index (χ0) is 7.82. The Labute approximate surface area is 73.4 Å². The lowest BCUT2D eigenvalue weighted by Crippen LogP contribution is -2.25. The number of hydrogen-bond donors (Lipinski definition) is 1. The molecule has 60 valence electrons. The molecule has 0 bridgehead atoms. The first-order valence-corrected chi connectivity index (χ1v) is 4.29. The van der Waals surface area contributed by atoms with Crippen LogP contribution in [0.5, 0.6) is 0 Å². The molecule has 1 amide bonds. The number of hydroxylamine groups is 1. The van der Waals surface area contributed by atoms with Crippen LogP contribution in [0, 0.1) is 0 Å². The summed E-state index contributed by atoms with van der Waals surface area (Å²) >= 11 is 1.95. The van der Waals surface area contributed by atoms with Crippen molar-refractivity contribution in [3.05, 3.63) is 0 Å². The Morgan fingerprint density at radius 2 is 2.30 bits per heavy atom. The summed E-state index contributed by atoms with van der Waals surface area (Å²) in [6, 6.07) is 0. The van der Waals surface area contributed by atoms with Gasteiger partial charge in [-0.25, -0.2) is 5.48 Å². The molecule has 0 rings (SSSR count). The van der Waals surface area contributed by atoms with Crippen molar-refractivity contribution in [2.75, 3.05) is 24.8 Å². The quantitative estimate of drug-likeness (QED) is 0.330. The highest BCUT2D eigenvalue weighted by Crippen LogP contribution is 1.79. The van der Waals surface area contributed by atoms with E-state index < -0.39 is 0 Å². The van der Waals surface area contributed by atoms with Crippen LogP contribution < -0.4 is 5.48 Å². The van der Waals surface area contributed by atoms with Crippen molar-refractivity contribution in [1.29, 1.82) is 0 Å². The highest BCUT2D eigenvalue weighted by molar-refractivity contribution is 14.1. The Bertz CT molecular complexity index is 98.9. The van der Waals surface area contributed by atoms with Gasteiger partial charge in [0.15, 0.2) is 0 Å². The zero-order valence-electron chi connectivity index (χ0n) is 5.72. The fourth-order valence-electron chi connectivity index (χ4n) is 0.284. The average Bonchev–Trinajstić information content (AvgIpc) is 1.98. The van der Waals surface area contributed by atoms with Crippen LogP contribution in [0.2, 0.25) is 0 Å². The van der Waals surface area contributed by atoms with Crippen molar-refractivity contribution in [3.63, 3.8) is 0 Å². The first-order chi connectivity index (χ1) is 4.81. The SMILES string of the molecule is COCCONC(=O)CI. The van der Waals surface area contributed by atoms with E-state index in [1.54, 1.807) is 7.11 Å². The Kier molecular flexibility index (Phi) is 7.32. The minimum absolute atomic E-state index is 0.128. The Morgan fingerprint density at radius 1 is 1.60 bits per heavy atom. The Balaban J connectivity index is 2.96. The number of carbonyl (C=O) groups excluding carboxylic acids is 1. The minimum Gasteiger partial charge on any atom is -0.382 e. The molecule has 0 aliphatic rings. The molecule has 0 fully saturated rings. The van der Waals surface area contributed by atoms with E-state index in [0.29, 0.717) is 17.6 Å². The van der Waals surface area contributed by atoms with Gasteiger partial charge >= 0.3 is 0 Å². The molecule has 0 aromatic heterocycles. The molecule has 5 heteroatoms. The molecule has 1 N–H and O–H groups in total. The lowest BCUT2D eigenvalue weighted by molar-refractivity contribution is -0.131. The van der Waals surface area contributed by atoms with Crippen molar-refractivity contribution in [3.8, 4) is 0 Å². The number of nitrogens with one attached hydrogen (secondary N) is 1. The lowest BCUT2D eigenvalue weighted by atomic mass is 10.8. The maximum absolute atomic E-state index is 10.5. The van der Waals surface area contributed by atoms with Gasteiger partial charge in [0.25, 0.3) is 5.91 Å². The van der Waals surface area contributed by atoms with Crippen molar-refractivity contribution in [2.24, 2.45) is 0 Å².